The highest BCUT2D eigenvalue weighted by Crippen LogP contribution is 2.21. The van der Waals surface area contributed by atoms with Gasteiger partial charge >= 0.3 is 0 Å². The lowest BCUT2D eigenvalue weighted by molar-refractivity contribution is 0.133. The fourth-order valence-corrected chi connectivity index (χ4v) is 3.43. The zero-order chi connectivity index (χ0) is 19.2. The molecule has 0 spiro atoms. The van der Waals surface area contributed by atoms with Gasteiger partial charge in [0.2, 0.25) is 0 Å². The fraction of sp³-hybridized carbons (Fsp3) is 0.333. The Bertz CT molecular complexity index is 826. The lowest BCUT2D eigenvalue weighted by Gasteiger charge is -2.19. The van der Waals surface area contributed by atoms with E-state index in [4.69, 9.17) is 16.3 Å². The summed E-state index contributed by atoms with van der Waals surface area (Å²) in [5, 5.41) is 0.189. The van der Waals surface area contributed by atoms with Crippen LogP contribution in [0.1, 0.15) is 23.6 Å². The van der Waals surface area contributed by atoms with E-state index in [9.17, 15) is 12.8 Å². The van der Waals surface area contributed by atoms with E-state index >= 15 is 0 Å². The van der Waals surface area contributed by atoms with E-state index in [-0.39, 0.29) is 23.7 Å². The molecule has 0 saturated heterocycles. The predicted molar refractivity (Wildman–Crippen MR) is 100 cm³/mol. The molecule has 142 valence electrons. The number of benzene rings is 2. The van der Waals surface area contributed by atoms with Gasteiger partial charge in [0.05, 0.1) is 6.61 Å². The van der Waals surface area contributed by atoms with Gasteiger partial charge < -0.3 is 4.74 Å². The molecule has 0 bridgehead atoms. The Morgan fingerprint density at radius 2 is 1.85 bits per heavy atom. The Kier molecular flexibility index (Phi) is 7.55. The number of hydrogen-bond donors (Lipinski definition) is 1. The monoisotopic (exact) mass is 400 g/mol. The lowest BCUT2D eigenvalue weighted by Crippen LogP contribution is -2.37. The fourth-order valence-electron chi connectivity index (χ4n) is 2.35. The van der Waals surface area contributed by atoms with Crippen LogP contribution in [0.2, 0.25) is 5.02 Å². The largest absolute Gasteiger partial charge is 0.377 e. The molecule has 0 aliphatic rings. The second-order valence-corrected chi connectivity index (χ2v) is 7.96. The molecule has 5 nitrogen and oxygen atoms in total. The van der Waals surface area contributed by atoms with Crippen LogP contribution < -0.4 is 4.72 Å². The number of rotatable bonds is 9. The molecule has 0 aliphatic carbocycles. The quantitative estimate of drug-likeness (QED) is 0.701. The van der Waals surface area contributed by atoms with Crippen LogP contribution in [0.15, 0.2) is 42.5 Å². The van der Waals surface area contributed by atoms with Crippen molar-refractivity contribution in [2.45, 2.75) is 26.6 Å². The molecule has 2 rings (SSSR count). The first kappa shape index (κ1) is 20.8. The Morgan fingerprint density at radius 1 is 1.15 bits per heavy atom. The highest BCUT2D eigenvalue weighted by atomic mass is 35.5. The second kappa shape index (κ2) is 9.43. The van der Waals surface area contributed by atoms with Crippen LogP contribution in [-0.2, 0) is 34.6 Å². The Morgan fingerprint density at radius 3 is 2.50 bits per heavy atom. The molecule has 1 N–H and O–H groups in total. The third kappa shape index (κ3) is 5.49. The van der Waals surface area contributed by atoms with Crippen molar-refractivity contribution in [3.63, 3.8) is 0 Å². The van der Waals surface area contributed by atoms with Crippen LogP contribution in [0.4, 0.5) is 4.39 Å². The third-order valence-electron chi connectivity index (χ3n) is 3.88. The van der Waals surface area contributed by atoms with Gasteiger partial charge in [-0.25, -0.2) is 4.39 Å². The molecule has 8 heteroatoms. The van der Waals surface area contributed by atoms with Gasteiger partial charge in [0.1, 0.15) is 5.82 Å². The normalized spacial score (nSPS) is 11.9. The summed E-state index contributed by atoms with van der Waals surface area (Å²) in [5.74, 6) is -0.540. The number of nitrogens with zero attached hydrogens (tertiary/aromatic N) is 1. The molecule has 0 aliphatic heterocycles. The molecule has 0 amide bonds. The molecule has 0 aromatic heterocycles. The average molecular weight is 401 g/mol. The zero-order valence-corrected chi connectivity index (χ0v) is 16.3. The minimum Gasteiger partial charge on any atom is -0.377 e. The molecule has 0 radical (unpaired) electrons. The molecule has 0 fully saturated rings. The van der Waals surface area contributed by atoms with Crippen molar-refractivity contribution in [2.75, 3.05) is 13.7 Å². The molecule has 0 saturated carbocycles. The van der Waals surface area contributed by atoms with Crippen molar-refractivity contribution >= 4 is 21.8 Å². The SMILES string of the molecule is CCOCc1ccccc1CNS(=O)(=O)N(C)Cc1c(F)cccc1Cl. The molecule has 0 atom stereocenters. The van der Waals surface area contributed by atoms with Gasteiger partial charge in [0, 0.05) is 37.3 Å². The number of hydrogen-bond acceptors (Lipinski definition) is 3. The summed E-state index contributed by atoms with van der Waals surface area (Å²) in [6.07, 6.45) is 0. The molecule has 0 heterocycles. The Balaban J connectivity index is 2.07. The van der Waals surface area contributed by atoms with Crippen molar-refractivity contribution < 1.29 is 17.5 Å². The van der Waals surface area contributed by atoms with Crippen LogP contribution in [0.3, 0.4) is 0 Å². The van der Waals surface area contributed by atoms with Crippen LogP contribution in [0.25, 0.3) is 0 Å². The van der Waals surface area contributed by atoms with Crippen molar-refractivity contribution in [3.05, 3.63) is 70.0 Å². The van der Waals surface area contributed by atoms with E-state index in [1.807, 2.05) is 31.2 Å². The highest BCUT2D eigenvalue weighted by molar-refractivity contribution is 7.87. The Hall–Kier alpha value is -1.51. The minimum absolute atomic E-state index is 0.112. The molecule has 26 heavy (non-hydrogen) atoms. The maximum absolute atomic E-state index is 13.9. The molecular formula is C18H22ClFN2O3S. The first-order valence-electron chi connectivity index (χ1n) is 8.13. The van der Waals surface area contributed by atoms with Gasteiger partial charge in [0.15, 0.2) is 0 Å². The zero-order valence-electron chi connectivity index (χ0n) is 14.7. The summed E-state index contributed by atoms with van der Waals surface area (Å²) in [4.78, 5) is 0. The summed E-state index contributed by atoms with van der Waals surface area (Å²) in [6.45, 7) is 2.83. The summed E-state index contributed by atoms with van der Waals surface area (Å²) in [5.41, 5.74) is 1.87. The lowest BCUT2D eigenvalue weighted by atomic mass is 10.1. The van der Waals surface area contributed by atoms with E-state index in [2.05, 4.69) is 4.72 Å². The highest BCUT2D eigenvalue weighted by Gasteiger charge is 2.20. The third-order valence-corrected chi connectivity index (χ3v) is 5.69. The molecule has 2 aromatic carbocycles. The summed E-state index contributed by atoms with van der Waals surface area (Å²) >= 11 is 5.97. The van der Waals surface area contributed by atoms with Gasteiger partial charge in [-0.05, 0) is 30.2 Å². The van der Waals surface area contributed by atoms with Crippen molar-refractivity contribution in [1.82, 2.24) is 9.03 Å². The van der Waals surface area contributed by atoms with E-state index < -0.39 is 16.0 Å². The number of ether oxygens (including phenoxy) is 1. The topological polar surface area (TPSA) is 58.6 Å². The van der Waals surface area contributed by atoms with E-state index in [1.165, 1.54) is 25.2 Å². The summed E-state index contributed by atoms with van der Waals surface area (Å²) in [6, 6.07) is 11.7. The average Bonchev–Trinajstić information content (AvgIpc) is 2.62. The summed E-state index contributed by atoms with van der Waals surface area (Å²) < 4.78 is 47.8. The maximum atomic E-state index is 13.9. The first-order chi connectivity index (χ1) is 12.3. The maximum Gasteiger partial charge on any atom is 0.279 e. The van der Waals surface area contributed by atoms with Crippen LogP contribution in [-0.4, -0.2) is 26.4 Å². The van der Waals surface area contributed by atoms with Crippen molar-refractivity contribution in [2.24, 2.45) is 0 Å². The molecule has 2 aromatic rings. The Labute approximate surface area is 158 Å². The number of halogens is 2. The van der Waals surface area contributed by atoms with Crippen LogP contribution >= 0.6 is 11.6 Å². The smallest absolute Gasteiger partial charge is 0.279 e. The van der Waals surface area contributed by atoms with Crippen molar-refractivity contribution in [3.8, 4) is 0 Å². The first-order valence-corrected chi connectivity index (χ1v) is 9.95. The van der Waals surface area contributed by atoms with E-state index in [0.29, 0.717) is 13.2 Å². The van der Waals surface area contributed by atoms with Gasteiger partial charge in [0.25, 0.3) is 10.2 Å². The molecule has 0 unspecified atom stereocenters. The van der Waals surface area contributed by atoms with Crippen molar-refractivity contribution in [1.29, 1.82) is 0 Å². The summed E-state index contributed by atoms with van der Waals surface area (Å²) in [7, 11) is -2.44. The second-order valence-electron chi connectivity index (χ2n) is 5.69. The standard InChI is InChI=1S/C18H22ClFN2O3S/c1-3-25-13-15-8-5-4-7-14(15)11-21-26(23,24)22(2)12-16-17(19)9-6-10-18(16)20/h4-10,21H,3,11-13H2,1-2H3. The molecular weight excluding hydrogens is 379 g/mol. The van der Waals surface area contributed by atoms with E-state index in [0.717, 1.165) is 15.4 Å². The van der Waals surface area contributed by atoms with Crippen LogP contribution in [0.5, 0.6) is 0 Å². The van der Waals surface area contributed by atoms with Gasteiger partial charge in [-0.15, -0.1) is 0 Å². The van der Waals surface area contributed by atoms with Gasteiger partial charge in [-0.3, -0.25) is 0 Å². The van der Waals surface area contributed by atoms with Crippen LogP contribution in [0, 0.1) is 5.82 Å². The van der Waals surface area contributed by atoms with Gasteiger partial charge in [-0.2, -0.15) is 17.4 Å². The van der Waals surface area contributed by atoms with E-state index in [1.54, 1.807) is 0 Å². The minimum atomic E-state index is -3.81. The number of nitrogens with one attached hydrogen (secondary N) is 1. The van der Waals surface area contributed by atoms with Gasteiger partial charge in [-0.1, -0.05) is 41.9 Å². The predicted octanol–water partition coefficient (Wildman–Crippen LogP) is 3.48.